The average Bonchev–Trinajstić information content (AvgIpc) is 2.40. The van der Waals surface area contributed by atoms with Gasteiger partial charge in [0.25, 0.3) is 0 Å². The van der Waals surface area contributed by atoms with E-state index in [0.717, 1.165) is 25.7 Å². The fourth-order valence-corrected chi connectivity index (χ4v) is 2.25. The van der Waals surface area contributed by atoms with Crippen LogP contribution in [0.1, 0.15) is 32.1 Å². The van der Waals surface area contributed by atoms with Crippen molar-refractivity contribution in [2.45, 2.75) is 38.1 Å². The van der Waals surface area contributed by atoms with Crippen LogP contribution in [0.25, 0.3) is 0 Å². The van der Waals surface area contributed by atoms with Gasteiger partial charge in [0.05, 0.1) is 0 Å². The lowest BCUT2D eigenvalue weighted by molar-refractivity contribution is -0.136. The van der Waals surface area contributed by atoms with E-state index in [0.29, 0.717) is 0 Å². The highest BCUT2D eigenvalue weighted by molar-refractivity contribution is 6.39. The summed E-state index contributed by atoms with van der Waals surface area (Å²) in [5.74, 6) is -1.86. The normalized spacial score (nSPS) is 15.8. The monoisotopic (exact) mass is 264 g/mol. The molecule has 1 aromatic carbocycles. The second kappa shape index (κ2) is 6.31. The molecule has 102 valence electrons. The second-order valence-electron chi connectivity index (χ2n) is 4.77. The average molecular weight is 264 g/mol. The highest BCUT2D eigenvalue weighted by Crippen LogP contribution is 2.17. The molecular weight excluding hydrogens is 247 g/mol. The molecule has 0 heterocycles. The number of amides is 2. The Balaban J connectivity index is 1.86. The van der Waals surface area contributed by atoms with Crippen LogP contribution in [0.15, 0.2) is 24.3 Å². The Hall–Kier alpha value is -1.91. The number of nitrogens with one attached hydrogen (secondary N) is 2. The van der Waals surface area contributed by atoms with Gasteiger partial charge < -0.3 is 10.6 Å². The minimum Gasteiger partial charge on any atom is -0.345 e. The molecule has 1 saturated carbocycles. The van der Waals surface area contributed by atoms with Gasteiger partial charge in [-0.25, -0.2) is 4.39 Å². The summed E-state index contributed by atoms with van der Waals surface area (Å²) in [5, 5.41) is 5.09. The Labute approximate surface area is 111 Å². The molecule has 0 unspecified atom stereocenters. The Bertz CT molecular complexity index is 470. The van der Waals surface area contributed by atoms with Crippen molar-refractivity contribution in [3.8, 4) is 0 Å². The predicted octanol–water partition coefficient (Wildman–Crippen LogP) is 2.21. The van der Waals surface area contributed by atoms with Crippen LogP contribution >= 0.6 is 0 Å². The summed E-state index contributed by atoms with van der Waals surface area (Å²) in [7, 11) is 0. The van der Waals surface area contributed by atoms with E-state index in [9.17, 15) is 14.0 Å². The molecule has 4 nitrogen and oxygen atoms in total. The molecular formula is C14H17FN2O2. The summed E-state index contributed by atoms with van der Waals surface area (Å²) in [6, 6.07) is 5.54. The Kier molecular flexibility index (Phi) is 4.49. The first kappa shape index (κ1) is 13.5. The molecule has 0 bridgehead atoms. The molecule has 0 saturated heterocycles. The molecule has 5 heteroatoms. The van der Waals surface area contributed by atoms with Gasteiger partial charge in [-0.1, -0.05) is 25.3 Å². The van der Waals surface area contributed by atoms with E-state index in [-0.39, 0.29) is 11.7 Å². The van der Waals surface area contributed by atoms with Crippen LogP contribution in [0.4, 0.5) is 10.1 Å². The molecule has 19 heavy (non-hydrogen) atoms. The zero-order valence-electron chi connectivity index (χ0n) is 10.6. The number of carbonyl (C=O) groups excluding carboxylic acids is 2. The smallest absolute Gasteiger partial charge is 0.313 e. The lowest BCUT2D eigenvalue weighted by atomic mass is 9.95. The van der Waals surface area contributed by atoms with Crippen molar-refractivity contribution in [3.05, 3.63) is 30.1 Å². The van der Waals surface area contributed by atoms with Gasteiger partial charge in [-0.15, -0.1) is 0 Å². The number of hydrogen-bond donors (Lipinski definition) is 2. The second-order valence-corrected chi connectivity index (χ2v) is 4.77. The van der Waals surface area contributed by atoms with Gasteiger partial charge in [0.1, 0.15) is 5.82 Å². The molecule has 1 fully saturated rings. The van der Waals surface area contributed by atoms with Crippen molar-refractivity contribution >= 4 is 17.5 Å². The van der Waals surface area contributed by atoms with E-state index in [1.54, 1.807) is 0 Å². The van der Waals surface area contributed by atoms with Crippen LogP contribution < -0.4 is 10.6 Å². The zero-order valence-corrected chi connectivity index (χ0v) is 10.6. The Morgan fingerprint density at radius 1 is 1.11 bits per heavy atom. The van der Waals surface area contributed by atoms with Crippen LogP contribution in [-0.2, 0) is 9.59 Å². The number of carbonyl (C=O) groups is 2. The fourth-order valence-electron chi connectivity index (χ4n) is 2.25. The maximum atomic E-state index is 12.9. The van der Waals surface area contributed by atoms with Gasteiger partial charge in [0.2, 0.25) is 0 Å². The van der Waals surface area contributed by atoms with Crippen LogP contribution in [0.2, 0.25) is 0 Å². The summed E-state index contributed by atoms with van der Waals surface area (Å²) >= 11 is 0. The summed E-state index contributed by atoms with van der Waals surface area (Å²) in [5.41, 5.74) is 0.281. The minimum atomic E-state index is -0.754. The molecule has 2 amide bonds. The third-order valence-corrected chi connectivity index (χ3v) is 3.23. The summed E-state index contributed by atoms with van der Waals surface area (Å²) in [4.78, 5) is 23.3. The van der Waals surface area contributed by atoms with Gasteiger partial charge in [0, 0.05) is 11.7 Å². The van der Waals surface area contributed by atoms with Crippen molar-refractivity contribution in [2.75, 3.05) is 5.32 Å². The molecule has 0 atom stereocenters. The van der Waals surface area contributed by atoms with E-state index in [2.05, 4.69) is 10.6 Å². The molecule has 2 rings (SSSR count). The minimum absolute atomic E-state index is 0.0829. The van der Waals surface area contributed by atoms with Crippen LogP contribution in [0.5, 0.6) is 0 Å². The van der Waals surface area contributed by atoms with Crippen LogP contribution in [0.3, 0.4) is 0 Å². The number of benzene rings is 1. The summed E-state index contributed by atoms with van der Waals surface area (Å²) < 4.78 is 12.9. The fraction of sp³-hybridized carbons (Fsp3) is 0.429. The van der Waals surface area contributed by atoms with Crippen molar-refractivity contribution in [1.82, 2.24) is 5.32 Å². The first-order chi connectivity index (χ1) is 9.15. The third kappa shape index (κ3) is 4.05. The van der Waals surface area contributed by atoms with E-state index in [4.69, 9.17) is 0 Å². The van der Waals surface area contributed by atoms with Gasteiger partial charge in [-0.2, -0.15) is 0 Å². The van der Waals surface area contributed by atoms with Crippen LogP contribution in [0, 0.1) is 5.82 Å². The maximum Gasteiger partial charge on any atom is 0.313 e. The largest absolute Gasteiger partial charge is 0.345 e. The highest BCUT2D eigenvalue weighted by atomic mass is 19.1. The predicted molar refractivity (Wildman–Crippen MR) is 70.0 cm³/mol. The van der Waals surface area contributed by atoms with Crippen molar-refractivity contribution in [1.29, 1.82) is 0 Å². The van der Waals surface area contributed by atoms with Crippen molar-refractivity contribution in [3.63, 3.8) is 0 Å². The molecule has 0 spiro atoms. The highest BCUT2D eigenvalue weighted by Gasteiger charge is 2.20. The molecule has 0 aromatic heterocycles. The Morgan fingerprint density at radius 2 is 1.84 bits per heavy atom. The number of halogens is 1. The molecule has 2 N–H and O–H groups in total. The lowest BCUT2D eigenvalue weighted by Gasteiger charge is -2.22. The number of hydrogen-bond acceptors (Lipinski definition) is 2. The first-order valence-corrected chi connectivity index (χ1v) is 6.52. The maximum absolute atomic E-state index is 12.9. The SMILES string of the molecule is O=C(Nc1cccc(F)c1)C(=O)NC1CCCCC1. The van der Waals surface area contributed by atoms with Gasteiger partial charge in [0.15, 0.2) is 0 Å². The van der Waals surface area contributed by atoms with E-state index in [1.165, 1.54) is 30.7 Å². The van der Waals surface area contributed by atoms with Crippen molar-refractivity contribution < 1.29 is 14.0 Å². The summed E-state index contributed by atoms with van der Waals surface area (Å²) in [6.45, 7) is 0. The van der Waals surface area contributed by atoms with Crippen molar-refractivity contribution in [2.24, 2.45) is 0 Å². The quantitative estimate of drug-likeness (QED) is 0.805. The van der Waals surface area contributed by atoms with Gasteiger partial charge >= 0.3 is 11.8 Å². The standard InChI is InChI=1S/C14H17FN2O2/c15-10-5-4-8-12(9-10)17-14(19)13(18)16-11-6-2-1-3-7-11/h4-5,8-9,11H,1-3,6-7H2,(H,16,18)(H,17,19). The molecule has 0 aliphatic heterocycles. The molecule has 1 aliphatic carbocycles. The van der Waals surface area contributed by atoms with Gasteiger partial charge in [-0.3, -0.25) is 9.59 Å². The first-order valence-electron chi connectivity index (χ1n) is 6.52. The van der Waals surface area contributed by atoms with E-state index in [1.807, 2.05) is 0 Å². The number of rotatable bonds is 2. The lowest BCUT2D eigenvalue weighted by Crippen LogP contribution is -2.42. The molecule has 0 radical (unpaired) electrons. The number of anilines is 1. The van der Waals surface area contributed by atoms with E-state index < -0.39 is 17.6 Å². The zero-order chi connectivity index (χ0) is 13.7. The topological polar surface area (TPSA) is 58.2 Å². The third-order valence-electron chi connectivity index (χ3n) is 3.23. The van der Waals surface area contributed by atoms with Crippen LogP contribution in [-0.4, -0.2) is 17.9 Å². The van der Waals surface area contributed by atoms with Gasteiger partial charge in [-0.05, 0) is 31.0 Å². The Morgan fingerprint density at radius 3 is 2.53 bits per heavy atom. The molecule has 1 aromatic rings. The van der Waals surface area contributed by atoms with E-state index >= 15 is 0 Å². The molecule has 1 aliphatic rings. The summed E-state index contributed by atoms with van der Waals surface area (Å²) in [6.07, 6.45) is 5.17.